The van der Waals surface area contributed by atoms with Crippen molar-refractivity contribution < 1.29 is 31.1 Å². The Kier molecular flexibility index (Phi) is 5.90. The Bertz CT molecular complexity index is 674. The van der Waals surface area contributed by atoms with E-state index in [1.165, 1.54) is 0 Å². The summed E-state index contributed by atoms with van der Waals surface area (Å²) in [7, 11) is 0. The third kappa shape index (κ3) is 4.52. The van der Waals surface area contributed by atoms with Crippen LogP contribution in [0.4, 0.5) is 26.3 Å². The van der Waals surface area contributed by atoms with Crippen molar-refractivity contribution in [3.63, 3.8) is 0 Å². The van der Waals surface area contributed by atoms with Gasteiger partial charge < -0.3 is 10.5 Å². The highest BCUT2D eigenvalue weighted by Crippen LogP contribution is 2.29. The SMILES string of the molecule is Cl.N[C@H](c1ccc(OC(F)(F)F)cc1)c1c(F)ccc(F)c1F. The van der Waals surface area contributed by atoms with Gasteiger partial charge in [-0.1, -0.05) is 12.1 Å². The van der Waals surface area contributed by atoms with Gasteiger partial charge in [0.15, 0.2) is 11.6 Å². The van der Waals surface area contributed by atoms with E-state index >= 15 is 0 Å². The first-order valence-corrected chi connectivity index (χ1v) is 5.93. The van der Waals surface area contributed by atoms with E-state index in [0.717, 1.165) is 30.3 Å². The highest BCUT2D eigenvalue weighted by Gasteiger charge is 2.31. The van der Waals surface area contributed by atoms with Gasteiger partial charge in [-0.3, -0.25) is 0 Å². The average Bonchev–Trinajstić information content (AvgIpc) is 2.42. The molecule has 0 radical (unpaired) electrons. The number of nitrogens with two attached hydrogens (primary N) is 1. The van der Waals surface area contributed by atoms with Gasteiger partial charge in [0, 0.05) is 5.56 Å². The van der Waals surface area contributed by atoms with Crippen LogP contribution in [0.15, 0.2) is 36.4 Å². The lowest BCUT2D eigenvalue weighted by Gasteiger charge is -2.15. The van der Waals surface area contributed by atoms with Crippen LogP contribution in [0.1, 0.15) is 17.2 Å². The maximum Gasteiger partial charge on any atom is 0.573 e. The van der Waals surface area contributed by atoms with Crippen LogP contribution in [0.3, 0.4) is 0 Å². The molecule has 2 rings (SSSR count). The molecule has 0 saturated heterocycles. The first-order valence-electron chi connectivity index (χ1n) is 5.93. The molecule has 2 aromatic rings. The molecule has 0 heterocycles. The van der Waals surface area contributed by atoms with Gasteiger partial charge in [0.2, 0.25) is 0 Å². The molecule has 0 aliphatic heterocycles. The number of benzene rings is 2. The second-order valence-electron chi connectivity index (χ2n) is 4.35. The summed E-state index contributed by atoms with van der Waals surface area (Å²) in [4.78, 5) is 0. The van der Waals surface area contributed by atoms with Gasteiger partial charge in [-0.15, -0.1) is 25.6 Å². The van der Waals surface area contributed by atoms with E-state index in [1.54, 1.807) is 0 Å². The molecule has 0 bridgehead atoms. The fourth-order valence-corrected chi connectivity index (χ4v) is 1.87. The quantitative estimate of drug-likeness (QED) is 0.649. The molecule has 0 unspecified atom stereocenters. The fourth-order valence-electron chi connectivity index (χ4n) is 1.87. The van der Waals surface area contributed by atoms with Crippen molar-refractivity contribution in [1.82, 2.24) is 0 Å². The summed E-state index contributed by atoms with van der Waals surface area (Å²) in [5.41, 5.74) is 5.05. The largest absolute Gasteiger partial charge is 0.573 e. The molecule has 2 aromatic carbocycles. The van der Waals surface area contributed by atoms with Crippen LogP contribution in [0.25, 0.3) is 0 Å². The second-order valence-corrected chi connectivity index (χ2v) is 4.35. The Morgan fingerprint density at radius 3 is 1.91 bits per heavy atom. The molecule has 0 fully saturated rings. The van der Waals surface area contributed by atoms with Gasteiger partial charge in [0.05, 0.1) is 6.04 Å². The third-order valence-electron chi connectivity index (χ3n) is 2.86. The number of rotatable bonds is 3. The Hall–Kier alpha value is -1.93. The Morgan fingerprint density at radius 2 is 1.39 bits per heavy atom. The Labute approximate surface area is 133 Å². The van der Waals surface area contributed by atoms with Crippen molar-refractivity contribution in [2.75, 3.05) is 0 Å². The standard InChI is InChI=1S/C14H9F6NO.ClH/c15-9-5-6-10(16)12(17)11(9)13(21)7-1-3-8(4-2-7)22-14(18,19)20;/h1-6,13H,21H2;1H/t13-;/m1./s1. The van der Waals surface area contributed by atoms with Crippen molar-refractivity contribution in [3.05, 3.63) is 65.0 Å². The summed E-state index contributed by atoms with van der Waals surface area (Å²) < 4.78 is 80.1. The molecule has 1 atom stereocenters. The molecule has 9 heteroatoms. The minimum atomic E-state index is -4.86. The number of alkyl halides is 3. The Morgan fingerprint density at radius 1 is 0.870 bits per heavy atom. The van der Waals surface area contributed by atoms with Gasteiger partial charge in [0.25, 0.3) is 0 Å². The maximum absolute atomic E-state index is 13.6. The number of hydrogen-bond donors (Lipinski definition) is 1. The molecule has 126 valence electrons. The highest BCUT2D eigenvalue weighted by atomic mass is 35.5. The summed E-state index contributed by atoms with van der Waals surface area (Å²) in [6.07, 6.45) is -4.86. The summed E-state index contributed by atoms with van der Waals surface area (Å²) in [5, 5.41) is 0. The summed E-state index contributed by atoms with van der Waals surface area (Å²) in [6, 6.07) is 4.05. The fraction of sp³-hybridized carbons (Fsp3) is 0.143. The predicted molar refractivity (Wildman–Crippen MR) is 72.7 cm³/mol. The van der Waals surface area contributed by atoms with E-state index in [-0.39, 0.29) is 18.0 Å². The van der Waals surface area contributed by atoms with Gasteiger partial charge in [-0.2, -0.15) is 0 Å². The van der Waals surface area contributed by atoms with Gasteiger partial charge in [-0.25, -0.2) is 13.2 Å². The van der Waals surface area contributed by atoms with E-state index < -0.39 is 41.2 Å². The summed E-state index contributed by atoms with van der Waals surface area (Å²) in [5.74, 6) is -4.28. The van der Waals surface area contributed by atoms with E-state index in [0.29, 0.717) is 6.07 Å². The first-order chi connectivity index (χ1) is 10.2. The average molecular weight is 358 g/mol. The number of ether oxygens (including phenoxy) is 1. The first kappa shape index (κ1) is 19.1. The topological polar surface area (TPSA) is 35.2 Å². The zero-order chi connectivity index (χ0) is 16.5. The van der Waals surface area contributed by atoms with Gasteiger partial charge >= 0.3 is 6.36 Å². The zero-order valence-corrected chi connectivity index (χ0v) is 12.0. The molecule has 23 heavy (non-hydrogen) atoms. The molecule has 0 spiro atoms. The van der Waals surface area contributed by atoms with Crippen LogP contribution < -0.4 is 10.5 Å². The van der Waals surface area contributed by atoms with Crippen LogP contribution in [0.2, 0.25) is 0 Å². The van der Waals surface area contributed by atoms with E-state index in [9.17, 15) is 26.3 Å². The zero-order valence-electron chi connectivity index (χ0n) is 11.2. The molecule has 2 N–H and O–H groups in total. The highest BCUT2D eigenvalue weighted by molar-refractivity contribution is 5.85. The lowest BCUT2D eigenvalue weighted by Crippen LogP contribution is -2.18. The molecule has 0 saturated carbocycles. The molecule has 0 aromatic heterocycles. The summed E-state index contributed by atoms with van der Waals surface area (Å²) >= 11 is 0. The lowest BCUT2D eigenvalue weighted by molar-refractivity contribution is -0.274. The minimum absolute atomic E-state index is 0. The maximum atomic E-state index is 13.6. The van der Waals surface area contributed by atoms with Crippen LogP contribution in [-0.4, -0.2) is 6.36 Å². The minimum Gasteiger partial charge on any atom is -0.406 e. The normalized spacial score (nSPS) is 12.5. The predicted octanol–water partition coefficient (Wildman–Crippen LogP) is 4.47. The number of hydrogen-bond acceptors (Lipinski definition) is 2. The van der Waals surface area contributed by atoms with Gasteiger partial charge in [-0.05, 0) is 29.8 Å². The van der Waals surface area contributed by atoms with Crippen molar-refractivity contribution in [2.45, 2.75) is 12.4 Å². The molecule has 2 nitrogen and oxygen atoms in total. The lowest BCUT2D eigenvalue weighted by atomic mass is 9.98. The van der Waals surface area contributed by atoms with Crippen LogP contribution >= 0.6 is 12.4 Å². The van der Waals surface area contributed by atoms with Gasteiger partial charge in [0.1, 0.15) is 11.6 Å². The smallest absolute Gasteiger partial charge is 0.406 e. The molecule has 0 amide bonds. The third-order valence-corrected chi connectivity index (χ3v) is 2.86. The number of halogens is 7. The molecule has 0 aliphatic rings. The van der Waals surface area contributed by atoms with Crippen molar-refractivity contribution >= 4 is 12.4 Å². The monoisotopic (exact) mass is 357 g/mol. The van der Waals surface area contributed by atoms with Crippen LogP contribution in [-0.2, 0) is 0 Å². The molecule has 0 aliphatic carbocycles. The van der Waals surface area contributed by atoms with Crippen molar-refractivity contribution in [1.29, 1.82) is 0 Å². The second kappa shape index (κ2) is 7.10. The van der Waals surface area contributed by atoms with E-state index in [4.69, 9.17) is 5.73 Å². The molecular formula is C14H10ClF6NO. The van der Waals surface area contributed by atoms with E-state index in [2.05, 4.69) is 4.74 Å². The molecular weight excluding hydrogens is 348 g/mol. The van der Waals surface area contributed by atoms with Crippen molar-refractivity contribution in [2.24, 2.45) is 5.73 Å². The van der Waals surface area contributed by atoms with Crippen molar-refractivity contribution in [3.8, 4) is 5.75 Å². The Balaban J connectivity index is 0.00000264. The summed E-state index contributed by atoms with van der Waals surface area (Å²) in [6.45, 7) is 0. The van der Waals surface area contributed by atoms with Crippen LogP contribution in [0, 0.1) is 17.5 Å². The van der Waals surface area contributed by atoms with E-state index in [1.807, 2.05) is 0 Å². The van der Waals surface area contributed by atoms with Crippen LogP contribution in [0.5, 0.6) is 5.75 Å².